The molecule has 0 aromatic rings. The first kappa shape index (κ1) is 9.86. The highest BCUT2D eigenvalue weighted by Gasteiger charge is 2.42. The quantitative estimate of drug-likeness (QED) is 0.633. The van der Waals surface area contributed by atoms with Crippen LogP contribution in [0, 0.1) is 0 Å². The fourth-order valence-corrected chi connectivity index (χ4v) is 1.97. The van der Waals surface area contributed by atoms with Gasteiger partial charge in [-0.25, -0.2) is 4.39 Å². The number of nitrogens with zero attached hydrogens (tertiary/aromatic N) is 1. The van der Waals surface area contributed by atoms with Crippen LogP contribution < -0.4 is 5.73 Å². The molecule has 0 aromatic carbocycles. The summed E-state index contributed by atoms with van der Waals surface area (Å²) in [4.78, 5) is 13.4. The maximum atomic E-state index is 12.9. The number of carbonyl (C=O) groups is 1. The summed E-state index contributed by atoms with van der Waals surface area (Å²) in [7, 11) is 0. The molecule has 2 N–H and O–H groups in total. The minimum absolute atomic E-state index is 0.157. The third-order valence-corrected chi connectivity index (χ3v) is 2.90. The van der Waals surface area contributed by atoms with Gasteiger partial charge >= 0.3 is 0 Å². The van der Waals surface area contributed by atoms with Crippen LogP contribution in [0.25, 0.3) is 0 Å². The SMILES string of the molecule is NC1(C(=O)N2CCC(F)C2)CCOC1. The summed E-state index contributed by atoms with van der Waals surface area (Å²) in [6, 6.07) is 0. The Labute approximate surface area is 82.2 Å². The Morgan fingerprint density at radius 2 is 2.43 bits per heavy atom. The Balaban J connectivity index is 2.00. The van der Waals surface area contributed by atoms with Crippen molar-refractivity contribution in [3.05, 3.63) is 0 Å². The van der Waals surface area contributed by atoms with Crippen molar-refractivity contribution in [2.75, 3.05) is 26.3 Å². The summed E-state index contributed by atoms with van der Waals surface area (Å²) in [6.45, 7) is 1.46. The third kappa shape index (κ3) is 1.62. The summed E-state index contributed by atoms with van der Waals surface area (Å²) in [5, 5.41) is 0. The van der Waals surface area contributed by atoms with E-state index in [4.69, 9.17) is 10.5 Å². The average Bonchev–Trinajstić information content (AvgIpc) is 2.74. The van der Waals surface area contributed by atoms with Gasteiger partial charge in [-0.2, -0.15) is 0 Å². The first-order valence-electron chi connectivity index (χ1n) is 4.92. The molecule has 1 amide bonds. The first-order valence-corrected chi connectivity index (χ1v) is 4.92. The number of ether oxygens (including phenoxy) is 1. The number of rotatable bonds is 1. The zero-order valence-electron chi connectivity index (χ0n) is 8.04. The summed E-state index contributed by atoms with van der Waals surface area (Å²) in [5.74, 6) is -0.157. The lowest BCUT2D eigenvalue weighted by Crippen LogP contribution is -2.55. The van der Waals surface area contributed by atoms with E-state index < -0.39 is 11.7 Å². The van der Waals surface area contributed by atoms with Crippen molar-refractivity contribution in [1.29, 1.82) is 0 Å². The molecule has 2 heterocycles. The average molecular weight is 202 g/mol. The van der Waals surface area contributed by atoms with Gasteiger partial charge in [0, 0.05) is 13.2 Å². The van der Waals surface area contributed by atoms with Crippen molar-refractivity contribution in [2.24, 2.45) is 5.73 Å². The van der Waals surface area contributed by atoms with Crippen molar-refractivity contribution < 1.29 is 13.9 Å². The van der Waals surface area contributed by atoms with Crippen LogP contribution in [0.15, 0.2) is 0 Å². The molecule has 2 rings (SSSR count). The molecular weight excluding hydrogens is 187 g/mol. The highest BCUT2D eigenvalue weighted by Crippen LogP contribution is 2.22. The van der Waals surface area contributed by atoms with Crippen LogP contribution >= 0.6 is 0 Å². The smallest absolute Gasteiger partial charge is 0.245 e. The number of hydrogen-bond acceptors (Lipinski definition) is 3. The third-order valence-electron chi connectivity index (χ3n) is 2.90. The zero-order valence-corrected chi connectivity index (χ0v) is 8.04. The lowest BCUT2D eigenvalue weighted by atomic mass is 9.98. The molecule has 2 unspecified atom stereocenters. The molecule has 0 spiro atoms. The maximum absolute atomic E-state index is 12.9. The van der Waals surface area contributed by atoms with Crippen LogP contribution in [0.1, 0.15) is 12.8 Å². The second kappa shape index (κ2) is 3.47. The Morgan fingerprint density at radius 1 is 1.64 bits per heavy atom. The van der Waals surface area contributed by atoms with E-state index in [-0.39, 0.29) is 19.1 Å². The van der Waals surface area contributed by atoms with Crippen LogP contribution in [0.4, 0.5) is 4.39 Å². The van der Waals surface area contributed by atoms with Gasteiger partial charge in [0.25, 0.3) is 0 Å². The maximum Gasteiger partial charge on any atom is 0.245 e. The van der Waals surface area contributed by atoms with Gasteiger partial charge in [-0.1, -0.05) is 0 Å². The molecule has 5 heteroatoms. The van der Waals surface area contributed by atoms with E-state index in [1.165, 1.54) is 4.90 Å². The van der Waals surface area contributed by atoms with Crippen molar-refractivity contribution in [3.63, 3.8) is 0 Å². The number of nitrogens with two attached hydrogens (primary N) is 1. The van der Waals surface area contributed by atoms with Gasteiger partial charge in [-0.3, -0.25) is 4.79 Å². The molecule has 0 radical (unpaired) electrons. The Kier molecular flexibility index (Phi) is 2.45. The number of alkyl halides is 1. The van der Waals surface area contributed by atoms with Gasteiger partial charge in [0.15, 0.2) is 0 Å². The lowest BCUT2D eigenvalue weighted by molar-refractivity contribution is -0.136. The number of halogens is 1. The predicted molar refractivity (Wildman–Crippen MR) is 48.4 cm³/mol. The van der Waals surface area contributed by atoms with E-state index >= 15 is 0 Å². The molecule has 0 saturated carbocycles. The number of likely N-dealkylation sites (tertiary alicyclic amines) is 1. The highest BCUT2D eigenvalue weighted by atomic mass is 19.1. The van der Waals surface area contributed by atoms with Crippen molar-refractivity contribution in [1.82, 2.24) is 4.90 Å². The molecule has 2 saturated heterocycles. The van der Waals surface area contributed by atoms with E-state index in [2.05, 4.69) is 0 Å². The molecule has 0 bridgehead atoms. The number of hydrogen-bond donors (Lipinski definition) is 1. The molecule has 4 nitrogen and oxygen atoms in total. The van der Waals surface area contributed by atoms with Crippen LogP contribution in [-0.4, -0.2) is 48.8 Å². The minimum Gasteiger partial charge on any atom is -0.379 e. The molecule has 2 fully saturated rings. The fourth-order valence-electron chi connectivity index (χ4n) is 1.97. The predicted octanol–water partition coefficient (Wildman–Crippen LogP) is -0.325. The molecule has 80 valence electrons. The Bertz CT molecular complexity index is 241. The van der Waals surface area contributed by atoms with Gasteiger partial charge in [0.2, 0.25) is 5.91 Å². The van der Waals surface area contributed by atoms with Gasteiger partial charge < -0.3 is 15.4 Å². The molecular formula is C9H15FN2O2. The molecule has 14 heavy (non-hydrogen) atoms. The van der Waals surface area contributed by atoms with Crippen LogP contribution in [0.3, 0.4) is 0 Å². The van der Waals surface area contributed by atoms with Crippen LogP contribution in [-0.2, 0) is 9.53 Å². The van der Waals surface area contributed by atoms with E-state index in [9.17, 15) is 9.18 Å². The van der Waals surface area contributed by atoms with E-state index in [1.54, 1.807) is 0 Å². The lowest BCUT2D eigenvalue weighted by Gasteiger charge is -2.26. The van der Waals surface area contributed by atoms with Gasteiger partial charge in [-0.15, -0.1) is 0 Å². The topological polar surface area (TPSA) is 55.6 Å². The highest BCUT2D eigenvalue weighted by molar-refractivity contribution is 5.86. The second-order valence-electron chi connectivity index (χ2n) is 4.10. The monoisotopic (exact) mass is 202 g/mol. The van der Waals surface area contributed by atoms with E-state index in [1.807, 2.05) is 0 Å². The summed E-state index contributed by atoms with van der Waals surface area (Å²) >= 11 is 0. The van der Waals surface area contributed by atoms with Crippen molar-refractivity contribution >= 4 is 5.91 Å². The molecule has 2 aliphatic rings. The molecule has 0 aromatic heterocycles. The standard InChI is InChI=1S/C9H15FN2O2/c10-7-1-3-12(5-7)8(13)9(11)2-4-14-6-9/h7H,1-6,11H2. The van der Waals surface area contributed by atoms with Gasteiger partial charge in [-0.05, 0) is 12.8 Å². The van der Waals surface area contributed by atoms with Gasteiger partial charge in [0.05, 0.1) is 13.2 Å². The van der Waals surface area contributed by atoms with Crippen LogP contribution in [0.5, 0.6) is 0 Å². The van der Waals surface area contributed by atoms with Crippen LogP contribution in [0.2, 0.25) is 0 Å². The number of amides is 1. The summed E-state index contributed by atoms with van der Waals surface area (Å²) in [5.41, 5.74) is 4.99. The Hall–Kier alpha value is -0.680. The minimum atomic E-state index is -0.899. The summed E-state index contributed by atoms with van der Waals surface area (Å²) < 4.78 is 18.0. The molecule has 2 atom stereocenters. The van der Waals surface area contributed by atoms with E-state index in [0.717, 1.165) is 0 Å². The second-order valence-corrected chi connectivity index (χ2v) is 4.10. The van der Waals surface area contributed by atoms with E-state index in [0.29, 0.717) is 26.0 Å². The van der Waals surface area contributed by atoms with Crippen molar-refractivity contribution in [3.8, 4) is 0 Å². The molecule has 2 aliphatic heterocycles. The fraction of sp³-hybridized carbons (Fsp3) is 0.889. The first-order chi connectivity index (χ1) is 6.62. The van der Waals surface area contributed by atoms with Gasteiger partial charge in [0.1, 0.15) is 11.7 Å². The zero-order chi connectivity index (χ0) is 10.2. The van der Waals surface area contributed by atoms with Crippen molar-refractivity contribution in [2.45, 2.75) is 24.6 Å². The number of carbonyl (C=O) groups excluding carboxylic acids is 1. The Morgan fingerprint density at radius 3 is 2.93 bits per heavy atom. The molecule has 0 aliphatic carbocycles. The summed E-state index contributed by atoms with van der Waals surface area (Å²) in [6.07, 6.45) is 0.0898. The normalized spacial score (nSPS) is 37.9. The largest absolute Gasteiger partial charge is 0.379 e.